The van der Waals surface area contributed by atoms with Gasteiger partial charge in [-0.25, -0.2) is 4.98 Å². The van der Waals surface area contributed by atoms with Gasteiger partial charge in [0.2, 0.25) is 5.95 Å². The predicted molar refractivity (Wildman–Crippen MR) is 111 cm³/mol. The maximum Gasteiger partial charge on any atom is 0.421 e. The molecule has 0 saturated heterocycles. The maximum atomic E-state index is 13.1. The number of alkyl halides is 3. The zero-order valence-corrected chi connectivity index (χ0v) is 17.8. The summed E-state index contributed by atoms with van der Waals surface area (Å²) in [6.07, 6.45) is -3.86. The summed E-state index contributed by atoms with van der Waals surface area (Å²) in [7, 11) is 2.99. The van der Waals surface area contributed by atoms with Crippen LogP contribution >= 0.6 is 0 Å². The molecule has 1 aromatic carbocycles. The number of likely N-dealkylation sites (N-methyl/N-ethyl adjacent to an activating group) is 1. The summed E-state index contributed by atoms with van der Waals surface area (Å²) in [4.78, 5) is 22.1. The third-order valence-electron chi connectivity index (χ3n) is 4.37. The molecular formula is C20H26F3N5O3. The van der Waals surface area contributed by atoms with E-state index in [-0.39, 0.29) is 24.2 Å². The van der Waals surface area contributed by atoms with Gasteiger partial charge in [0.15, 0.2) is 0 Å². The van der Waals surface area contributed by atoms with Crippen LogP contribution < -0.4 is 15.4 Å². The van der Waals surface area contributed by atoms with Crippen molar-refractivity contribution in [3.63, 3.8) is 0 Å². The van der Waals surface area contributed by atoms with Crippen LogP contribution in [-0.4, -0.2) is 61.2 Å². The molecule has 0 radical (unpaired) electrons. The molecule has 0 aliphatic rings. The lowest BCUT2D eigenvalue weighted by atomic mass is 10.1. The van der Waals surface area contributed by atoms with Crippen molar-refractivity contribution in [3.05, 3.63) is 35.5 Å². The van der Waals surface area contributed by atoms with E-state index in [9.17, 15) is 18.0 Å². The van der Waals surface area contributed by atoms with Crippen molar-refractivity contribution in [2.24, 2.45) is 0 Å². The van der Waals surface area contributed by atoms with E-state index in [0.29, 0.717) is 42.9 Å². The first-order chi connectivity index (χ1) is 14.7. The summed E-state index contributed by atoms with van der Waals surface area (Å²) in [6.45, 7) is 5.16. The summed E-state index contributed by atoms with van der Waals surface area (Å²) in [5.41, 5.74) is -0.147. The number of amides is 1. The molecule has 0 aliphatic carbocycles. The molecule has 0 atom stereocenters. The van der Waals surface area contributed by atoms with Crippen LogP contribution in [0.3, 0.4) is 0 Å². The van der Waals surface area contributed by atoms with Crippen LogP contribution in [0.25, 0.3) is 0 Å². The normalized spacial score (nSPS) is 11.2. The standard InChI is InChI=1S/C20H26F3N5O3/c1-5-24-17-14(20(21,22)23)12-25-19(27-17)26-15-8-7-13(11-16(15)31-4)18(29)28(6-2)9-10-30-3/h7-8,11-12H,5-6,9-10H2,1-4H3,(H2,24,25,26,27). The summed E-state index contributed by atoms with van der Waals surface area (Å²) in [5.74, 6) is -0.238. The van der Waals surface area contributed by atoms with Crippen LogP contribution in [0.4, 0.5) is 30.6 Å². The van der Waals surface area contributed by atoms with Gasteiger partial charge in [-0.15, -0.1) is 0 Å². The van der Waals surface area contributed by atoms with Gasteiger partial charge in [-0.05, 0) is 32.0 Å². The topological polar surface area (TPSA) is 88.6 Å². The number of rotatable bonds is 10. The lowest BCUT2D eigenvalue weighted by Crippen LogP contribution is -2.33. The summed E-state index contributed by atoms with van der Waals surface area (Å²) >= 11 is 0. The highest BCUT2D eigenvalue weighted by Gasteiger charge is 2.35. The van der Waals surface area contributed by atoms with E-state index in [2.05, 4.69) is 20.6 Å². The molecule has 0 unspecified atom stereocenters. The number of benzene rings is 1. The average molecular weight is 441 g/mol. The van der Waals surface area contributed by atoms with Crippen LogP contribution in [0.1, 0.15) is 29.8 Å². The predicted octanol–water partition coefficient (Wildman–Crippen LogP) is 3.79. The first-order valence-corrected chi connectivity index (χ1v) is 9.66. The number of nitrogens with one attached hydrogen (secondary N) is 2. The number of ether oxygens (including phenoxy) is 2. The average Bonchev–Trinajstić information content (AvgIpc) is 2.74. The van der Waals surface area contributed by atoms with Crippen LogP contribution in [0.15, 0.2) is 24.4 Å². The number of hydrogen-bond donors (Lipinski definition) is 2. The van der Waals surface area contributed by atoms with E-state index in [4.69, 9.17) is 9.47 Å². The molecule has 1 heterocycles. The second kappa shape index (κ2) is 10.8. The molecule has 8 nitrogen and oxygen atoms in total. The van der Waals surface area contributed by atoms with Gasteiger partial charge in [0.1, 0.15) is 17.1 Å². The highest BCUT2D eigenvalue weighted by Crippen LogP contribution is 2.35. The largest absolute Gasteiger partial charge is 0.495 e. The molecule has 1 amide bonds. The summed E-state index contributed by atoms with van der Waals surface area (Å²) in [5, 5.41) is 5.44. The number of carbonyl (C=O) groups excluding carboxylic acids is 1. The Hall–Kier alpha value is -3.08. The minimum atomic E-state index is -4.58. The van der Waals surface area contributed by atoms with Gasteiger partial charge in [-0.3, -0.25) is 4.79 Å². The van der Waals surface area contributed by atoms with E-state index in [1.807, 2.05) is 6.92 Å². The third-order valence-corrected chi connectivity index (χ3v) is 4.37. The van der Waals surface area contributed by atoms with Crippen molar-refractivity contribution in [2.45, 2.75) is 20.0 Å². The Labute approximate surface area is 178 Å². The van der Waals surface area contributed by atoms with Gasteiger partial charge >= 0.3 is 6.18 Å². The zero-order chi connectivity index (χ0) is 23.0. The SMILES string of the molecule is CCNc1nc(Nc2ccc(C(=O)N(CC)CCOC)cc2OC)ncc1C(F)(F)F. The molecule has 0 spiro atoms. The molecule has 2 rings (SSSR count). The molecule has 1 aromatic heterocycles. The molecule has 31 heavy (non-hydrogen) atoms. The number of carbonyl (C=O) groups is 1. The van der Waals surface area contributed by atoms with Crippen molar-refractivity contribution < 1.29 is 27.4 Å². The van der Waals surface area contributed by atoms with E-state index < -0.39 is 11.7 Å². The Balaban J connectivity index is 2.30. The Morgan fingerprint density at radius 2 is 1.97 bits per heavy atom. The molecular weight excluding hydrogens is 415 g/mol. The molecule has 11 heteroatoms. The molecule has 0 bridgehead atoms. The monoisotopic (exact) mass is 441 g/mol. The van der Waals surface area contributed by atoms with Crippen molar-refractivity contribution in [1.82, 2.24) is 14.9 Å². The molecule has 0 fully saturated rings. The van der Waals surface area contributed by atoms with Crippen LogP contribution in [0.5, 0.6) is 5.75 Å². The van der Waals surface area contributed by atoms with E-state index in [0.717, 1.165) is 0 Å². The number of halogens is 3. The van der Waals surface area contributed by atoms with Crippen molar-refractivity contribution in [3.8, 4) is 5.75 Å². The lowest BCUT2D eigenvalue weighted by Gasteiger charge is -2.21. The minimum Gasteiger partial charge on any atom is -0.495 e. The summed E-state index contributed by atoms with van der Waals surface area (Å²) < 4.78 is 49.8. The Kier molecular flexibility index (Phi) is 8.43. The second-order valence-corrected chi connectivity index (χ2v) is 6.40. The first-order valence-electron chi connectivity index (χ1n) is 9.66. The van der Waals surface area contributed by atoms with Gasteiger partial charge in [-0.1, -0.05) is 0 Å². The maximum absolute atomic E-state index is 13.1. The minimum absolute atomic E-state index is 0.0448. The van der Waals surface area contributed by atoms with Gasteiger partial charge < -0.3 is 25.0 Å². The van der Waals surface area contributed by atoms with Crippen molar-refractivity contribution in [1.29, 1.82) is 0 Å². The van der Waals surface area contributed by atoms with E-state index >= 15 is 0 Å². The quantitative estimate of drug-likeness (QED) is 0.580. The molecule has 0 aliphatic heterocycles. The van der Waals surface area contributed by atoms with Gasteiger partial charge in [0.05, 0.1) is 19.4 Å². The fourth-order valence-electron chi connectivity index (χ4n) is 2.79. The van der Waals surface area contributed by atoms with Crippen LogP contribution in [0.2, 0.25) is 0 Å². The highest BCUT2D eigenvalue weighted by molar-refractivity contribution is 5.95. The van der Waals surface area contributed by atoms with Gasteiger partial charge in [0, 0.05) is 38.5 Å². The third kappa shape index (κ3) is 6.20. The molecule has 0 saturated carbocycles. The lowest BCUT2D eigenvalue weighted by molar-refractivity contribution is -0.137. The molecule has 2 aromatic rings. The first kappa shape index (κ1) is 24.2. The highest BCUT2D eigenvalue weighted by atomic mass is 19.4. The van der Waals surface area contributed by atoms with Crippen LogP contribution in [-0.2, 0) is 10.9 Å². The fraction of sp³-hybridized carbons (Fsp3) is 0.450. The zero-order valence-electron chi connectivity index (χ0n) is 17.8. The number of hydrogen-bond acceptors (Lipinski definition) is 7. The van der Waals surface area contributed by atoms with Crippen LogP contribution in [0, 0.1) is 0 Å². The van der Waals surface area contributed by atoms with Crippen molar-refractivity contribution >= 4 is 23.4 Å². The number of aromatic nitrogens is 2. The smallest absolute Gasteiger partial charge is 0.421 e. The molecule has 2 N–H and O–H groups in total. The Morgan fingerprint density at radius 3 is 2.55 bits per heavy atom. The van der Waals surface area contributed by atoms with Gasteiger partial charge in [0.25, 0.3) is 5.91 Å². The van der Waals surface area contributed by atoms with Gasteiger partial charge in [-0.2, -0.15) is 18.2 Å². The van der Waals surface area contributed by atoms with Crippen molar-refractivity contribution in [2.75, 3.05) is 51.1 Å². The van der Waals surface area contributed by atoms with E-state index in [1.165, 1.54) is 7.11 Å². The number of methoxy groups -OCH3 is 2. The Bertz CT molecular complexity index is 893. The molecule has 170 valence electrons. The second-order valence-electron chi connectivity index (χ2n) is 6.40. The number of anilines is 3. The van der Waals surface area contributed by atoms with E-state index in [1.54, 1.807) is 37.1 Å². The number of nitrogens with zero attached hydrogens (tertiary/aromatic N) is 3. The summed E-state index contributed by atoms with van der Waals surface area (Å²) in [6, 6.07) is 4.73. The Morgan fingerprint density at radius 1 is 1.23 bits per heavy atom. The fourth-order valence-corrected chi connectivity index (χ4v) is 2.79.